The quantitative estimate of drug-likeness (QED) is 0.773. The fourth-order valence-corrected chi connectivity index (χ4v) is 2.48. The number of furan rings is 1. The van der Waals surface area contributed by atoms with Crippen LogP contribution in [0.1, 0.15) is 23.8 Å². The van der Waals surface area contributed by atoms with Crippen molar-refractivity contribution in [2.24, 2.45) is 0 Å². The van der Waals surface area contributed by atoms with Crippen LogP contribution in [0.25, 0.3) is 0 Å². The van der Waals surface area contributed by atoms with E-state index in [4.69, 9.17) is 4.42 Å². The standard InChI is InChI=1S/C18H18N2O2/c1-14-7-2-3-8-15(14)19-18(21)13-16(17-9-6-12-22-17)20-10-4-5-11-20/h2-12,16H,13H2,1H3,(H,19,21). The normalized spacial score (nSPS) is 12.0. The molecule has 4 nitrogen and oxygen atoms in total. The third-order valence-corrected chi connectivity index (χ3v) is 3.66. The molecule has 1 unspecified atom stereocenters. The number of hydrogen-bond acceptors (Lipinski definition) is 2. The maximum absolute atomic E-state index is 12.4. The number of para-hydroxylation sites is 1. The van der Waals surface area contributed by atoms with Gasteiger partial charge in [-0.05, 0) is 42.8 Å². The van der Waals surface area contributed by atoms with Gasteiger partial charge in [-0.1, -0.05) is 18.2 Å². The van der Waals surface area contributed by atoms with E-state index in [0.29, 0.717) is 6.42 Å². The molecule has 0 saturated heterocycles. The van der Waals surface area contributed by atoms with Crippen molar-refractivity contribution in [1.82, 2.24) is 4.57 Å². The number of aromatic nitrogens is 1. The fourth-order valence-electron chi connectivity index (χ4n) is 2.48. The van der Waals surface area contributed by atoms with E-state index < -0.39 is 0 Å². The Bertz CT molecular complexity index is 696. The second-order valence-corrected chi connectivity index (χ2v) is 5.23. The zero-order valence-corrected chi connectivity index (χ0v) is 12.4. The van der Waals surface area contributed by atoms with Gasteiger partial charge in [0, 0.05) is 18.1 Å². The van der Waals surface area contributed by atoms with Crippen LogP contribution in [0.15, 0.2) is 71.6 Å². The summed E-state index contributed by atoms with van der Waals surface area (Å²) in [7, 11) is 0. The van der Waals surface area contributed by atoms with Gasteiger partial charge < -0.3 is 14.3 Å². The van der Waals surface area contributed by atoms with E-state index in [1.165, 1.54) is 0 Å². The lowest BCUT2D eigenvalue weighted by atomic mass is 10.1. The van der Waals surface area contributed by atoms with Gasteiger partial charge in [-0.2, -0.15) is 0 Å². The minimum absolute atomic E-state index is 0.0376. The Morgan fingerprint density at radius 2 is 1.91 bits per heavy atom. The largest absolute Gasteiger partial charge is 0.467 e. The number of amides is 1. The van der Waals surface area contributed by atoms with Gasteiger partial charge in [0.25, 0.3) is 0 Å². The monoisotopic (exact) mass is 294 g/mol. The number of anilines is 1. The number of aryl methyl sites for hydroxylation is 1. The van der Waals surface area contributed by atoms with E-state index in [9.17, 15) is 4.79 Å². The van der Waals surface area contributed by atoms with Crippen molar-refractivity contribution in [2.75, 3.05) is 5.32 Å². The molecule has 0 spiro atoms. The van der Waals surface area contributed by atoms with E-state index in [0.717, 1.165) is 17.0 Å². The number of carbonyl (C=O) groups excluding carboxylic acids is 1. The molecular formula is C18H18N2O2. The molecule has 112 valence electrons. The van der Waals surface area contributed by atoms with E-state index >= 15 is 0 Å². The summed E-state index contributed by atoms with van der Waals surface area (Å²) < 4.78 is 7.48. The third kappa shape index (κ3) is 3.11. The first kappa shape index (κ1) is 14.2. The molecule has 0 bridgehead atoms. The van der Waals surface area contributed by atoms with Gasteiger partial charge in [-0.3, -0.25) is 4.79 Å². The van der Waals surface area contributed by atoms with E-state index in [1.807, 2.05) is 72.4 Å². The minimum Gasteiger partial charge on any atom is -0.467 e. The number of nitrogens with one attached hydrogen (secondary N) is 1. The van der Waals surface area contributed by atoms with Crippen molar-refractivity contribution in [3.63, 3.8) is 0 Å². The highest BCUT2D eigenvalue weighted by Gasteiger charge is 2.20. The van der Waals surface area contributed by atoms with Gasteiger partial charge in [-0.15, -0.1) is 0 Å². The van der Waals surface area contributed by atoms with Crippen LogP contribution in [0.4, 0.5) is 5.69 Å². The van der Waals surface area contributed by atoms with Crippen LogP contribution < -0.4 is 5.32 Å². The van der Waals surface area contributed by atoms with Gasteiger partial charge in [0.05, 0.1) is 18.7 Å². The summed E-state index contributed by atoms with van der Waals surface area (Å²) in [6, 6.07) is 15.2. The van der Waals surface area contributed by atoms with Gasteiger partial charge in [0.2, 0.25) is 5.91 Å². The Labute approximate surface area is 129 Å². The Morgan fingerprint density at radius 3 is 2.59 bits per heavy atom. The molecule has 4 heteroatoms. The molecule has 1 amide bonds. The molecule has 0 aliphatic carbocycles. The Kier molecular flexibility index (Phi) is 4.10. The summed E-state index contributed by atoms with van der Waals surface area (Å²) in [4.78, 5) is 12.4. The van der Waals surface area contributed by atoms with Crippen molar-refractivity contribution < 1.29 is 9.21 Å². The number of rotatable bonds is 5. The van der Waals surface area contributed by atoms with Crippen molar-refractivity contribution in [2.45, 2.75) is 19.4 Å². The predicted octanol–water partition coefficient (Wildman–Crippen LogP) is 4.01. The van der Waals surface area contributed by atoms with E-state index in [-0.39, 0.29) is 11.9 Å². The molecule has 0 fully saturated rings. The molecular weight excluding hydrogens is 276 g/mol. The zero-order valence-electron chi connectivity index (χ0n) is 12.4. The molecule has 0 aliphatic heterocycles. The summed E-state index contributed by atoms with van der Waals surface area (Å²) in [6.45, 7) is 1.98. The van der Waals surface area contributed by atoms with Gasteiger partial charge in [0.1, 0.15) is 5.76 Å². The van der Waals surface area contributed by atoms with Crippen LogP contribution in [-0.2, 0) is 4.79 Å². The lowest BCUT2D eigenvalue weighted by Crippen LogP contribution is -2.19. The zero-order chi connectivity index (χ0) is 15.4. The molecule has 1 N–H and O–H groups in total. The molecule has 0 saturated carbocycles. The molecule has 0 radical (unpaired) electrons. The smallest absolute Gasteiger partial charge is 0.226 e. The van der Waals surface area contributed by atoms with Crippen molar-refractivity contribution in [1.29, 1.82) is 0 Å². The highest BCUT2D eigenvalue weighted by Crippen LogP contribution is 2.24. The average Bonchev–Trinajstić information content (AvgIpc) is 3.21. The van der Waals surface area contributed by atoms with Crippen LogP contribution in [-0.4, -0.2) is 10.5 Å². The fraction of sp³-hybridized carbons (Fsp3) is 0.167. The van der Waals surface area contributed by atoms with Crippen LogP contribution in [0, 0.1) is 6.92 Å². The summed E-state index contributed by atoms with van der Waals surface area (Å²) in [5.74, 6) is 0.737. The number of benzene rings is 1. The van der Waals surface area contributed by atoms with E-state index in [2.05, 4.69) is 5.32 Å². The molecule has 3 aromatic rings. The molecule has 2 aromatic heterocycles. The summed E-state index contributed by atoms with van der Waals surface area (Å²) in [6.07, 6.45) is 5.82. The summed E-state index contributed by atoms with van der Waals surface area (Å²) >= 11 is 0. The van der Waals surface area contributed by atoms with Gasteiger partial charge in [-0.25, -0.2) is 0 Å². The van der Waals surface area contributed by atoms with Crippen LogP contribution in [0.3, 0.4) is 0 Å². The first-order valence-corrected chi connectivity index (χ1v) is 7.25. The van der Waals surface area contributed by atoms with Crippen molar-refractivity contribution in [3.8, 4) is 0 Å². The van der Waals surface area contributed by atoms with Crippen LogP contribution in [0.2, 0.25) is 0 Å². The predicted molar refractivity (Wildman–Crippen MR) is 85.7 cm³/mol. The SMILES string of the molecule is Cc1ccccc1NC(=O)CC(c1ccco1)n1cccc1. The Morgan fingerprint density at radius 1 is 1.14 bits per heavy atom. The highest BCUT2D eigenvalue weighted by atomic mass is 16.3. The second-order valence-electron chi connectivity index (χ2n) is 5.23. The van der Waals surface area contributed by atoms with Crippen LogP contribution in [0.5, 0.6) is 0 Å². The second kappa shape index (κ2) is 6.35. The molecule has 1 atom stereocenters. The number of nitrogens with zero attached hydrogens (tertiary/aromatic N) is 1. The van der Waals surface area contributed by atoms with Gasteiger partial charge in [0.15, 0.2) is 0 Å². The first-order valence-electron chi connectivity index (χ1n) is 7.25. The van der Waals surface area contributed by atoms with Gasteiger partial charge >= 0.3 is 0 Å². The number of carbonyl (C=O) groups is 1. The molecule has 22 heavy (non-hydrogen) atoms. The topological polar surface area (TPSA) is 47.2 Å². The maximum atomic E-state index is 12.4. The van der Waals surface area contributed by atoms with E-state index in [1.54, 1.807) is 6.26 Å². The Hall–Kier alpha value is -2.75. The minimum atomic E-state index is -0.144. The molecule has 1 aromatic carbocycles. The molecule has 0 aliphatic rings. The maximum Gasteiger partial charge on any atom is 0.226 e. The lowest BCUT2D eigenvalue weighted by Gasteiger charge is -2.17. The highest BCUT2D eigenvalue weighted by molar-refractivity contribution is 5.91. The third-order valence-electron chi connectivity index (χ3n) is 3.66. The molecule has 3 rings (SSSR count). The lowest BCUT2D eigenvalue weighted by molar-refractivity contribution is -0.116. The van der Waals surface area contributed by atoms with Crippen molar-refractivity contribution >= 4 is 11.6 Å². The average molecular weight is 294 g/mol. The number of hydrogen-bond donors (Lipinski definition) is 1. The summed E-state index contributed by atoms with van der Waals surface area (Å²) in [5, 5.41) is 2.97. The van der Waals surface area contributed by atoms with Crippen LogP contribution >= 0.6 is 0 Å². The Balaban J connectivity index is 1.77. The van der Waals surface area contributed by atoms with Crippen molar-refractivity contribution in [3.05, 3.63) is 78.5 Å². The summed E-state index contributed by atoms with van der Waals surface area (Å²) in [5.41, 5.74) is 1.89. The first-order chi connectivity index (χ1) is 10.7. The molecule has 2 heterocycles.